The molecule has 0 unspecified atom stereocenters. The number of carbonyl (C=O) groups excluding carboxylic acids is 2. The van der Waals surface area contributed by atoms with Gasteiger partial charge in [-0.3, -0.25) is 9.59 Å². The highest BCUT2D eigenvalue weighted by atomic mass is 16.5. The van der Waals surface area contributed by atoms with Gasteiger partial charge in [0.1, 0.15) is 5.75 Å². The maximum absolute atomic E-state index is 12.3. The Hall–Kier alpha value is -2.04. The first-order valence-electron chi connectivity index (χ1n) is 8.75. The van der Waals surface area contributed by atoms with Gasteiger partial charge in [0.05, 0.1) is 18.6 Å². The first-order chi connectivity index (χ1) is 11.5. The lowest BCUT2D eigenvalue weighted by atomic mass is 9.97. The summed E-state index contributed by atoms with van der Waals surface area (Å²) >= 11 is 0. The molecule has 5 heteroatoms. The molecule has 0 aromatic heterocycles. The fourth-order valence-electron chi connectivity index (χ4n) is 2.64. The van der Waals surface area contributed by atoms with Crippen molar-refractivity contribution >= 4 is 11.8 Å². The van der Waals surface area contributed by atoms with Gasteiger partial charge in [-0.05, 0) is 43.4 Å². The van der Waals surface area contributed by atoms with Crippen LogP contribution in [0.15, 0.2) is 24.3 Å². The summed E-state index contributed by atoms with van der Waals surface area (Å²) in [5, 5.41) is 5.77. The van der Waals surface area contributed by atoms with Crippen molar-refractivity contribution in [2.45, 2.75) is 46.1 Å². The van der Waals surface area contributed by atoms with E-state index in [-0.39, 0.29) is 23.8 Å². The van der Waals surface area contributed by atoms with Crippen LogP contribution >= 0.6 is 0 Å². The molecule has 0 aliphatic carbocycles. The Balaban J connectivity index is 1.82. The molecule has 0 bridgehead atoms. The normalized spacial score (nSPS) is 18.8. The van der Waals surface area contributed by atoms with E-state index in [2.05, 4.69) is 24.5 Å². The molecule has 1 saturated heterocycles. The number of piperidine rings is 1. The number of rotatable bonds is 7. The van der Waals surface area contributed by atoms with Gasteiger partial charge in [-0.1, -0.05) is 26.0 Å². The quantitative estimate of drug-likeness (QED) is 0.807. The number of carbonyl (C=O) groups is 2. The van der Waals surface area contributed by atoms with Crippen LogP contribution in [0, 0.1) is 11.8 Å². The first kappa shape index (κ1) is 18.3. The second-order valence-corrected chi connectivity index (χ2v) is 6.87. The zero-order valence-corrected chi connectivity index (χ0v) is 14.8. The van der Waals surface area contributed by atoms with Crippen molar-refractivity contribution in [2.24, 2.45) is 11.8 Å². The summed E-state index contributed by atoms with van der Waals surface area (Å²) in [5.74, 6) is 1.38. The van der Waals surface area contributed by atoms with Gasteiger partial charge in [-0.25, -0.2) is 0 Å². The molecule has 1 aliphatic heterocycles. The molecule has 132 valence electrons. The Bertz CT molecular complexity index is 544. The summed E-state index contributed by atoms with van der Waals surface area (Å²) < 4.78 is 5.71. The molecule has 0 radical (unpaired) electrons. The molecule has 1 aliphatic rings. The van der Waals surface area contributed by atoms with Crippen molar-refractivity contribution in [3.63, 3.8) is 0 Å². The third-order valence-electron chi connectivity index (χ3n) is 4.34. The van der Waals surface area contributed by atoms with Gasteiger partial charge >= 0.3 is 0 Å². The molecule has 2 N–H and O–H groups in total. The van der Waals surface area contributed by atoms with Gasteiger partial charge < -0.3 is 15.4 Å². The molecule has 2 atom stereocenters. The highest BCUT2D eigenvalue weighted by Gasteiger charge is 2.25. The molecule has 1 heterocycles. The molecule has 2 rings (SSSR count). The van der Waals surface area contributed by atoms with Crippen LogP contribution in [0.2, 0.25) is 0 Å². The molecule has 2 amide bonds. The van der Waals surface area contributed by atoms with Gasteiger partial charge in [-0.15, -0.1) is 0 Å². The van der Waals surface area contributed by atoms with E-state index < -0.39 is 0 Å². The van der Waals surface area contributed by atoms with Crippen LogP contribution in [-0.2, 0) is 9.59 Å². The lowest BCUT2D eigenvalue weighted by Gasteiger charge is -2.24. The lowest BCUT2D eigenvalue weighted by Crippen LogP contribution is -2.43. The predicted octanol–water partition coefficient (Wildman–Crippen LogP) is 2.81. The molecule has 1 aromatic carbocycles. The standard InChI is InChI=1S/C19H28N2O3/c1-13(2)10-11-24-17-7-4-15(5-8-17)14(3)21-19(23)16-6-9-18(22)20-12-16/h4-5,7-8,13-14,16H,6,9-12H2,1-3H3,(H,20,22)(H,21,23)/t14-,16+/m0/s1. The van der Waals surface area contributed by atoms with Crippen LogP contribution in [-0.4, -0.2) is 25.0 Å². The van der Waals surface area contributed by atoms with Crippen LogP contribution in [0.3, 0.4) is 0 Å². The predicted molar refractivity (Wildman–Crippen MR) is 93.7 cm³/mol. The van der Waals surface area contributed by atoms with Gasteiger partial charge in [0.2, 0.25) is 11.8 Å². The highest BCUT2D eigenvalue weighted by Crippen LogP contribution is 2.19. The monoisotopic (exact) mass is 332 g/mol. The van der Waals surface area contributed by atoms with Gasteiger partial charge in [0.15, 0.2) is 0 Å². The van der Waals surface area contributed by atoms with E-state index in [1.807, 2.05) is 31.2 Å². The van der Waals surface area contributed by atoms with Crippen molar-refractivity contribution in [2.75, 3.05) is 13.2 Å². The van der Waals surface area contributed by atoms with Crippen LogP contribution in [0.25, 0.3) is 0 Å². The zero-order valence-electron chi connectivity index (χ0n) is 14.8. The van der Waals surface area contributed by atoms with Gasteiger partial charge in [0, 0.05) is 13.0 Å². The summed E-state index contributed by atoms with van der Waals surface area (Å²) in [6, 6.07) is 7.79. The number of hydrogen-bond donors (Lipinski definition) is 2. The average Bonchev–Trinajstić information content (AvgIpc) is 2.55. The minimum atomic E-state index is -0.135. The summed E-state index contributed by atoms with van der Waals surface area (Å²) in [6.45, 7) is 7.47. The van der Waals surface area contributed by atoms with Gasteiger partial charge in [-0.2, -0.15) is 0 Å². The van der Waals surface area contributed by atoms with Crippen molar-refractivity contribution in [1.82, 2.24) is 10.6 Å². The summed E-state index contributed by atoms with van der Waals surface area (Å²) in [6.07, 6.45) is 2.08. The van der Waals surface area contributed by atoms with E-state index in [0.29, 0.717) is 25.3 Å². The van der Waals surface area contributed by atoms with Crippen LogP contribution in [0.1, 0.15) is 51.6 Å². The number of nitrogens with one attached hydrogen (secondary N) is 2. The molecule has 0 saturated carbocycles. The van der Waals surface area contributed by atoms with E-state index in [4.69, 9.17) is 4.74 Å². The summed E-state index contributed by atoms with van der Waals surface area (Å²) in [5.41, 5.74) is 1.04. The maximum Gasteiger partial charge on any atom is 0.225 e. The first-order valence-corrected chi connectivity index (χ1v) is 8.75. The number of benzene rings is 1. The molecule has 5 nitrogen and oxygen atoms in total. The third-order valence-corrected chi connectivity index (χ3v) is 4.34. The Morgan fingerprint density at radius 3 is 2.58 bits per heavy atom. The molecule has 1 fully saturated rings. The van der Waals surface area contributed by atoms with E-state index in [9.17, 15) is 9.59 Å². The number of hydrogen-bond acceptors (Lipinski definition) is 3. The molecule has 24 heavy (non-hydrogen) atoms. The van der Waals surface area contributed by atoms with Crippen molar-refractivity contribution in [3.05, 3.63) is 29.8 Å². The number of ether oxygens (including phenoxy) is 1. The van der Waals surface area contributed by atoms with Crippen LogP contribution in [0.5, 0.6) is 5.75 Å². The highest BCUT2D eigenvalue weighted by molar-refractivity contribution is 5.83. The van der Waals surface area contributed by atoms with E-state index in [0.717, 1.165) is 24.3 Å². The zero-order chi connectivity index (χ0) is 17.5. The molecule has 1 aromatic rings. The minimum absolute atomic E-state index is 0.000222. The van der Waals surface area contributed by atoms with Crippen molar-refractivity contribution in [3.8, 4) is 5.75 Å². The van der Waals surface area contributed by atoms with Crippen molar-refractivity contribution in [1.29, 1.82) is 0 Å². The van der Waals surface area contributed by atoms with Crippen LogP contribution in [0.4, 0.5) is 0 Å². The Kier molecular flexibility index (Phi) is 6.64. The Labute approximate surface area is 144 Å². The Morgan fingerprint density at radius 1 is 1.29 bits per heavy atom. The second-order valence-electron chi connectivity index (χ2n) is 6.87. The van der Waals surface area contributed by atoms with E-state index >= 15 is 0 Å². The average molecular weight is 332 g/mol. The third kappa shape index (κ3) is 5.55. The van der Waals surface area contributed by atoms with Gasteiger partial charge in [0.25, 0.3) is 0 Å². The summed E-state index contributed by atoms with van der Waals surface area (Å²) in [4.78, 5) is 23.4. The molecule has 0 spiro atoms. The molecular formula is C19H28N2O3. The summed E-state index contributed by atoms with van der Waals surface area (Å²) in [7, 11) is 0. The fraction of sp³-hybridized carbons (Fsp3) is 0.579. The van der Waals surface area contributed by atoms with E-state index in [1.54, 1.807) is 0 Å². The van der Waals surface area contributed by atoms with Crippen molar-refractivity contribution < 1.29 is 14.3 Å². The van der Waals surface area contributed by atoms with E-state index in [1.165, 1.54) is 0 Å². The SMILES string of the molecule is CC(C)CCOc1ccc([C@H](C)NC(=O)[C@@H]2CCC(=O)NC2)cc1. The minimum Gasteiger partial charge on any atom is -0.494 e. The van der Waals surface area contributed by atoms with Crippen LogP contribution < -0.4 is 15.4 Å². The second kappa shape index (κ2) is 8.71. The Morgan fingerprint density at radius 2 is 2.00 bits per heavy atom. The smallest absolute Gasteiger partial charge is 0.225 e. The lowest BCUT2D eigenvalue weighted by molar-refractivity contribution is -0.129. The topological polar surface area (TPSA) is 67.4 Å². The largest absolute Gasteiger partial charge is 0.494 e. The number of amides is 2. The molecular weight excluding hydrogens is 304 g/mol. The maximum atomic E-state index is 12.3. The fourth-order valence-corrected chi connectivity index (χ4v) is 2.64.